The number of nitrogens with one attached hydrogen (secondary N) is 1. The van der Waals surface area contributed by atoms with Gasteiger partial charge in [0.25, 0.3) is 5.91 Å². The molecule has 8 heteroatoms. The second-order valence-corrected chi connectivity index (χ2v) is 10.5. The molecule has 0 unspecified atom stereocenters. The summed E-state index contributed by atoms with van der Waals surface area (Å²) in [4.78, 5) is 13.0. The van der Waals surface area contributed by atoms with Crippen LogP contribution in [0.2, 0.25) is 0 Å². The normalized spacial score (nSPS) is 15.2. The highest BCUT2D eigenvalue weighted by Crippen LogP contribution is 2.31. The third-order valence-electron chi connectivity index (χ3n) is 5.97. The molecule has 1 amide bonds. The number of ether oxygens (including phenoxy) is 1. The van der Waals surface area contributed by atoms with Gasteiger partial charge in [0, 0.05) is 6.04 Å². The van der Waals surface area contributed by atoms with E-state index in [0.717, 1.165) is 49.0 Å². The smallest absolute Gasteiger partial charge is 0.255 e. The number of benzene rings is 2. The van der Waals surface area contributed by atoms with Crippen LogP contribution < -0.4 is 10.2 Å². The van der Waals surface area contributed by atoms with E-state index in [2.05, 4.69) is 10.5 Å². The Morgan fingerprint density at radius 1 is 1.09 bits per heavy atom. The summed E-state index contributed by atoms with van der Waals surface area (Å²) >= 11 is 0. The van der Waals surface area contributed by atoms with Gasteiger partial charge in [0.2, 0.25) is 10.0 Å². The summed E-state index contributed by atoms with van der Waals surface area (Å²) in [5.41, 5.74) is 5.69. The Labute approximate surface area is 196 Å². The number of amides is 1. The number of methoxy groups -OCH3 is 1. The number of carbonyl (C=O) groups excluding carboxylic acids is 1. The first-order chi connectivity index (χ1) is 15.7. The van der Waals surface area contributed by atoms with E-state index in [9.17, 15) is 13.2 Å². The fourth-order valence-electron chi connectivity index (χ4n) is 4.52. The van der Waals surface area contributed by atoms with Crippen LogP contribution in [0.4, 0.5) is 0 Å². The topological polar surface area (TPSA) is 88.1 Å². The van der Waals surface area contributed by atoms with Gasteiger partial charge in [-0.05, 0) is 74.6 Å². The lowest BCUT2D eigenvalue weighted by molar-refractivity contribution is -0.121. The fraction of sp³-hybridized carbons (Fsp3) is 0.440. The molecule has 178 valence electrons. The fourth-order valence-corrected chi connectivity index (χ4v) is 6.57. The average Bonchev–Trinajstić information content (AvgIpc) is 2.77. The van der Waals surface area contributed by atoms with Crippen molar-refractivity contribution in [2.24, 2.45) is 5.10 Å². The van der Waals surface area contributed by atoms with Crippen molar-refractivity contribution in [2.45, 2.75) is 63.8 Å². The molecule has 1 saturated carbocycles. The van der Waals surface area contributed by atoms with Gasteiger partial charge in [-0.2, -0.15) is 9.41 Å². The van der Waals surface area contributed by atoms with E-state index in [-0.39, 0.29) is 12.6 Å². The number of rotatable bonds is 8. The van der Waals surface area contributed by atoms with Crippen molar-refractivity contribution in [1.29, 1.82) is 0 Å². The molecule has 0 bridgehead atoms. The lowest BCUT2D eigenvalue weighted by Gasteiger charge is -2.33. The minimum atomic E-state index is -3.85. The number of hydrogen-bond acceptors (Lipinski definition) is 5. The zero-order chi connectivity index (χ0) is 24.0. The van der Waals surface area contributed by atoms with E-state index < -0.39 is 15.9 Å². The van der Waals surface area contributed by atoms with Gasteiger partial charge in [0.15, 0.2) is 0 Å². The molecule has 1 aliphatic carbocycles. The van der Waals surface area contributed by atoms with E-state index in [1.165, 1.54) is 10.5 Å². The average molecular weight is 472 g/mol. The second kappa shape index (κ2) is 10.9. The predicted octanol–water partition coefficient (Wildman–Crippen LogP) is 4.09. The molecular weight excluding hydrogens is 438 g/mol. The molecule has 2 aromatic rings. The van der Waals surface area contributed by atoms with Crippen molar-refractivity contribution < 1.29 is 17.9 Å². The lowest BCUT2D eigenvalue weighted by atomic mass is 9.95. The Hall–Kier alpha value is -2.71. The molecule has 0 aromatic heterocycles. The molecule has 1 fully saturated rings. The van der Waals surface area contributed by atoms with Gasteiger partial charge in [-0.3, -0.25) is 4.79 Å². The molecular formula is C25H33N3O4S. The first-order valence-corrected chi connectivity index (χ1v) is 12.7. The Morgan fingerprint density at radius 3 is 2.27 bits per heavy atom. The van der Waals surface area contributed by atoms with Crippen LogP contribution in [0.1, 0.15) is 54.4 Å². The highest BCUT2D eigenvalue weighted by molar-refractivity contribution is 7.89. The summed E-state index contributed by atoms with van der Waals surface area (Å²) in [6, 6.07) is 10.8. The minimum Gasteiger partial charge on any atom is -0.497 e. The molecule has 0 saturated heterocycles. The third-order valence-corrected chi connectivity index (χ3v) is 8.18. The lowest BCUT2D eigenvalue weighted by Crippen LogP contribution is -2.46. The zero-order valence-corrected chi connectivity index (χ0v) is 20.6. The monoisotopic (exact) mass is 471 g/mol. The van der Waals surface area contributed by atoms with Crippen LogP contribution in [-0.4, -0.2) is 44.5 Å². The Morgan fingerprint density at radius 2 is 1.70 bits per heavy atom. The van der Waals surface area contributed by atoms with Gasteiger partial charge in [-0.25, -0.2) is 13.8 Å². The molecule has 0 radical (unpaired) electrons. The van der Waals surface area contributed by atoms with E-state index >= 15 is 0 Å². The van der Waals surface area contributed by atoms with Crippen LogP contribution in [0.25, 0.3) is 0 Å². The molecule has 7 nitrogen and oxygen atoms in total. The molecule has 1 N–H and O–H groups in total. The molecule has 3 rings (SSSR count). The zero-order valence-electron chi connectivity index (χ0n) is 19.8. The van der Waals surface area contributed by atoms with Crippen molar-refractivity contribution in [1.82, 2.24) is 9.73 Å². The van der Waals surface area contributed by atoms with Gasteiger partial charge in [0.1, 0.15) is 5.75 Å². The van der Waals surface area contributed by atoms with Crippen molar-refractivity contribution in [2.75, 3.05) is 13.7 Å². The van der Waals surface area contributed by atoms with Crippen molar-refractivity contribution in [3.05, 3.63) is 58.7 Å². The number of hydrogen-bond donors (Lipinski definition) is 1. The summed E-state index contributed by atoms with van der Waals surface area (Å²) in [5.74, 6) is 0.266. The van der Waals surface area contributed by atoms with Crippen molar-refractivity contribution in [3.63, 3.8) is 0 Å². The standard InChI is InChI=1S/C25H33N3O4S/c1-18-14-19(2)25(20(3)15-18)33(30,31)28(22-8-6-5-7-9-22)17-24(29)27-26-16-21-10-12-23(32-4)13-11-21/h10-16,22H,5-9,17H2,1-4H3,(H,27,29)/b26-16+. The van der Waals surface area contributed by atoms with Crippen LogP contribution in [0.3, 0.4) is 0 Å². The number of sulfonamides is 1. The highest BCUT2D eigenvalue weighted by Gasteiger charge is 2.35. The van der Waals surface area contributed by atoms with E-state index in [1.807, 2.05) is 45.0 Å². The first-order valence-electron chi connectivity index (χ1n) is 11.3. The van der Waals surface area contributed by atoms with Gasteiger partial charge in [-0.1, -0.05) is 37.0 Å². The maximum Gasteiger partial charge on any atom is 0.255 e. The second-order valence-electron chi connectivity index (χ2n) is 8.64. The molecule has 0 heterocycles. The molecule has 2 aromatic carbocycles. The van der Waals surface area contributed by atoms with Gasteiger partial charge < -0.3 is 4.74 Å². The summed E-state index contributed by atoms with van der Waals surface area (Å²) < 4.78 is 34.1. The van der Waals surface area contributed by atoms with Gasteiger partial charge in [-0.15, -0.1) is 0 Å². The SMILES string of the molecule is COc1ccc(/C=N/NC(=O)CN(C2CCCCC2)S(=O)(=O)c2c(C)cc(C)cc2C)cc1. The van der Waals surface area contributed by atoms with Crippen LogP contribution in [0.15, 0.2) is 46.4 Å². The maximum absolute atomic E-state index is 13.8. The van der Waals surface area contributed by atoms with Gasteiger partial charge >= 0.3 is 0 Å². The molecule has 0 atom stereocenters. The number of nitrogens with zero attached hydrogens (tertiary/aromatic N) is 2. The Balaban J connectivity index is 1.80. The van der Waals surface area contributed by atoms with Crippen LogP contribution in [0, 0.1) is 20.8 Å². The number of aryl methyl sites for hydroxylation is 3. The number of hydrazone groups is 1. The van der Waals surface area contributed by atoms with E-state index in [4.69, 9.17) is 4.74 Å². The Bertz CT molecular complexity index is 1080. The summed E-state index contributed by atoms with van der Waals surface area (Å²) in [6.07, 6.45) is 6.03. The molecule has 0 aliphatic heterocycles. The Kier molecular flexibility index (Phi) is 8.26. The summed E-state index contributed by atoms with van der Waals surface area (Å²) in [6.45, 7) is 5.31. The van der Waals surface area contributed by atoms with Gasteiger partial charge in [0.05, 0.1) is 24.8 Å². The quantitative estimate of drug-likeness (QED) is 0.464. The largest absolute Gasteiger partial charge is 0.497 e. The molecule has 1 aliphatic rings. The first kappa shape index (κ1) is 24.9. The van der Waals surface area contributed by atoms with Crippen LogP contribution in [-0.2, 0) is 14.8 Å². The predicted molar refractivity (Wildman–Crippen MR) is 130 cm³/mol. The van der Waals surface area contributed by atoms with E-state index in [0.29, 0.717) is 16.0 Å². The van der Waals surface area contributed by atoms with Crippen LogP contribution >= 0.6 is 0 Å². The molecule has 33 heavy (non-hydrogen) atoms. The summed E-state index contributed by atoms with van der Waals surface area (Å²) in [7, 11) is -2.26. The summed E-state index contributed by atoms with van der Waals surface area (Å²) in [5, 5.41) is 4.01. The van der Waals surface area contributed by atoms with Crippen LogP contribution in [0.5, 0.6) is 5.75 Å². The highest BCUT2D eigenvalue weighted by atomic mass is 32.2. The molecule has 0 spiro atoms. The number of carbonyl (C=O) groups is 1. The van der Waals surface area contributed by atoms with Crippen molar-refractivity contribution in [3.8, 4) is 5.75 Å². The van der Waals surface area contributed by atoms with E-state index in [1.54, 1.807) is 19.2 Å². The minimum absolute atomic E-state index is 0.194. The maximum atomic E-state index is 13.8. The van der Waals surface area contributed by atoms with Crippen molar-refractivity contribution >= 4 is 22.1 Å². The third kappa shape index (κ3) is 6.21.